The van der Waals surface area contributed by atoms with E-state index in [2.05, 4.69) is 38.2 Å². The van der Waals surface area contributed by atoms with Gasteiger partial charge in [-0.2, -0.15) is 0 Å². The van der Waals surface area contributed by atoms with Crippen molar-refractivity contribution in [3.63, 3.8) is 0 Å². The average Bonchev–Trinajstić information content (AvgIpc) is 2.35. The number of unbranched alkanes of at least 4 members (excludes halogenated alkanes) is 9. The summed E-state index contributed by atoms with van der Waals surface area (Å²) in [6.07, 6.45) is 23.5. The molecular formula is C17H31. The van der Waals surface area contributed by atoms with Gasteiger partial charge in [0.25, 0.3) is 0 Å². The van der Waals surface area contributed by atoms with Crippen molar-refractivity contribution in [2.24, 2.45) is 0 Å². The van der Waals surface area contributed by atoms with Crippen LogP contribution < -0.4 is 0 Å². The minimum Gasteiger partial charge on any atom is -0.0917 e. The maximum atomic E-state index is 3.86. The molecule has 0 spiro atoms. The zero-order chi connectivity index (χ0) is 12.6. The fourth-order valence-electron chi connectivity index (χ4n) is 1.90. The number of hydrogen-bond donors (Lipinski definition) is 0. The molecule has 1 radical (unpaired) electrons. The Morgan fingerprint density at radius 1 is 0.647 bits per heavy atom. The van der Waals surface area contributed by atoms with Gasteiger partial charge in [0, 0.05) is 0 Å². The predicted octanol–water partition coefficient (Wildman–Crippen LogP) is 6.24. The van der Waals surface area contributed by atoms with Gasteiger partial charge in [0.15, 0.2) is 0 Å². The molecule has 17 heavy (non-hydrogen) atoms. The molecule has 0 N–H and O–H groups in total. The second kappa shape index (κ2) is 15.5. The molecule has 0 amide bonds. The molecule has 0 bridgehead atoms. The molecule has 0 aromatic carbocycles. The van der Waals surface area contributed by atoms with Gasteiger partial charge in [-0.3, -0.25) is 0 Å². The van der Waals surface area contributed by atoms with Crippen LogP contribution in [0.5, 0.6) is 0 Å². The van der Waals surface area contributed by atoms with Gasteiger partial charge in [-0.25, -0.2) is 0 Å². The molecule has 0 unspecified atom stereocenters. The van der Waals surface area contributed by atoms with E-state index in [9.17, 15) is 0 Å². The summed E-state index contributed by atoms with van der Waals surface area (Å²) in [6.45, 7) is 5.96. The molecule has 0 saturated heterocycles. The van der Waals surface area contributed by atoms with Crippen LogP contribution in [0.2, 0.25) is 0 Å². The van der Waals surface area contributed by atoms with Crippen LogP contribution in [0, 0.1) is 6.92 Å². The molecule has 0 aliphatic heterocycles. The lowest BCUT2D eigenvalue weighted by atomic mass is 10.1. The van der Waals surface area contributed by atoms with Gasteiger partial charge in [0.05, 0.1) is 0 Å². The maximum Gasteiger partial charge on any atom is -0.0351 e. The summed E-state index contributed by atoms with van der Waals surface area (Å²) in [6, 6.07) is 0. The van der Waals surface area contributed by atoms with E-state index in [1.54, 1.807) is 0 Å². The van der Waals surface area contributed by atoms with Crippen molar-refractivity contribution in [3.05, 3.63) is 31.2 Å². The van der Waals surface area contributed by atoms with Crippen molar-refractivity contribution in [2.75, 3.05) is 0 Å². The molecule has 0 nitrogen and oxygen atoms in total. The summed E-state index contributed by atoms with van der Waals surface area (Å²) in [5.41, 5.74) is 0. The van der Waals surface area contributed by atoms with Gasteiger partial charge >= 0.3 is 0 Å². The van der Waals surface area contributed by atoms with E-state index in [-0.39, 0.29) is 0 Å². The molecule has 0 aromatic heterocycles. The summed E-state index contributed by atoms with van der Waals surface area (Å²) >= 11 is 0. The lowest BCUT2D eigenvalue weighted by Gasteiger charge is -1.97. The first-order valence-electron chi connectivity index (χ1n) is 7.47. The highest BCUT2D eigenvalue weighted by atomic mass is 13.9. The van der Waals surface area contributed by atoms with E-state index in [1.807, 2.05) is 0 Å². The first-order valence-corrected chi connectivity index (χ1v) is 7.47. The van der Waals surface area contributed by atoms with Crippen LogP contribution in [0.3, 0.4) is 0 Å². The zero-order valence-corrected chi connectivity index (χ0v) is 11.8. The van der Waals surface area contributed by atoms with Crippen LogP contribution >= 0.6 is 0 Å². The van der Waals surface area contributed by atoms with E-state index >= 15 is 0 Å². The van der Waals surface area contributed by atoms with Gasteiger partial charge < -0.3 is 0 Å². The standard InChI is InChI=1S/C17H31/c1-3-5-7-9-11-13-15-17-16-14-12-10-8-6-4-2/h4,6,16-17H,1,3,5,7-15H2,2H3. The van der Waals surface area contributed by atoms with Crippen LogP contribution in [0.4, 0.5) is 0 Å². The first kappa shape index (κ1) is 16.5. The topological polar surface area (TPSA) is 0 Å². The summed E-state index contributed by atoms with van der Waals surface area (Å²) < 4.78 is 0. The van der Waals surface area contributed by atoms with Gasteiger partial charge in [0.2, 0.25) is 0 Å². The Morgan fingerprint density at radius 3 is 1.71 bits per heavy atom. The molecule has 99 valence electrons. The third-order valence-electron chi connectivity index (χ3n) is 3.01. The summed E-state index contributed by atoms with van der Waals surface area (Å²) in [4.78, 5) is 0. The maximum absolute atomic E-state index is 3.86. The molecule has 0 rings (SSSR count). The fourth-order valence-corrected chi connectivity index (χ4v) is 1.90. The largest absolute Gasteiger partial charge is 0.0917 e. The Morgan fingerprint density at radius 2 is 1.12 bits per heavy atom. The highest BCUT2D eigenvalue weighted by molar-refractivity contribution is 4.82. The van der Waals surface area contributed by atoms with Crippen LogP contribution in [0.1, 0.15) is 77.6 Å². The molecule has 0 atom stereocenters. The summed E-state index contributed by atoms with van der Waals surface area (Å²) in [5.74, 6) is 0. The number of hydrogen-bond acceptors (Lipinski definition) is 0. The van der Waals surface area contributed by atoms with Crippen LogP contribution in [0.15, 0.2) is 24.3 Å². The zero-order valence-electron chi connectivity index (χ0n) is 11.8. The Labute approximate surface area is 109 Å². The number of allylic oxidation sites excluding steroid dienone is 4. The third-order valence-corrected chi connectivity index (χ3v) is 3.01. The van der Waals surface area contributed by atoms with Crippen molar-refractivity contribution in [1.29, 1.82) is 0 Å². The Kier molecular flexibility index (Phi) is 15.0. The summed E-state index contributed by atoms with van der Waals surface area (Å²) in [5, 5.41) is 0. The second-order valence-corrected chi connectivity index (χ2v) is 4.73. The highest BCUT2D eigenvalue weighted by Gasteiger charge is 1.88. The third kappa shape index (κ3) is 15.5. The Hall–Kier alpha value is -0.520. The second-order valence-electron chi connectivity index (χ2n) is 4.73. The Bertz CT molecular complexity index is 176. The summed E-state index contributed by atoms with van der Waals surface area (Å²) in [7, 11) is 0. The van der Waals surface area contributed by atoms with Crippen LogP contribution in [0.25, 0.3) is 0 Å². The van der Waals surface area contributed by atoms with Crippen LogP contribution in [-0.4, -0.2) is 0 Å². The van der Waals surface area contributed by atoms with Crippen molar-refractivity contribution in [3.8, 4) is 0 Å². The molecule has 0 aliphatic carbocycles. The van der Waals surface area contributed by atoms with Gasteiger partial charge in [-0.15, -0.1) is 0 Å². The van der Waals surface area contributed by atoms with Gasteiger partial charge in [-0.1, -0.05) is 63.3 Å². The van der Waals surface area contributed by atoms with E-state index in [4.69, 9.17) is 0 Å². The smallest absolute Gasteiger partial charge is 0.0351 e. The molecular weight excluding hydrogens is 204 g/mol. The average molecular weight is 235 g/mol. The first-order chi connectivity index (χ1) is 8.41. The number of rotatable bonds is 12. The van der Waals surface area contributed by atoms with Gasteiger partial charge in [-0.05, 0) is 45.4 Å². The van der Waals surface area contributed by atoms with E-state index in [0.29, 0.717) is 0 Å². The molecule has 0 saturated carbocycles. The molecule has 0 fully saturated rings. The van der Waals surface area contributed by atoms with Gasteiger partial charge in [0.1, 0.15) is 0 Å². The van der Waals surface area contributed by atoms with Crippen molar-refractivity contribution in [2.45, 2.75) is 77.6 Å². The molecule has 0 aromatic rings. The monoisotopic (exact) mass is 235 g/mol. The van der Waals surface area contributed by atoms with E-state index in [0.717, 1.165) is 6.42 Å². The molecule has 0 heteroatoms. The lowest BCUT2D eigenvalue weighted by Crippen LogP contribution is -1.78. The highest BCUT2D eigenvalue weighted by Crippen LogP contribution is 2.08. The lowest BCUT2D eigenvalue weighted by molar-refractivity contribution is 0.621. The SMILES string of the molecule is [CH2]CCCCCCCC=CCCCCC=CC. The fraction of sp³-hybridized carbons (Fsp3) is 0.706. The van der Waals surface area contributed by atoms with Crippen molar-refractivity contribution >= 4 is 0 Å². The quantitative estimate of drug-likeness (QED) is 0.277. The van der Waals surface area contributed by atoms with Crippen molar-refractivity contribution in [1.82, 2.24) is 0 Å². The normalized spacial score (nSPS) is 11.9. The van der Waals surface area contributed by atoms with Crippen molar-refractivity contribution < 1.29 is 0 Å². The predicted molar refractivity (Wildman–Crippen MR) is 80.1 cm³/mol. The molecule has 0 heterocycles. The molecule has 0 aliphatic rings. The van der Waals surface area contributed by atoms with E-state index in [1.165, 1.54) is 64.2 Å². The Balaban J connectivity index is 3.04. The minimum absolute atomic E-state index is 1.10. The van der Waals surface area contributed by atoms with Crippen LogP contribution in [-0.2, 0) is 0 Å². The van der Waals surface area contributed by atoms with E-state index < -0.39 is 0 Å². The minimum atomic E-state index is 1.10.